The molecule has 1 aromatic rings. The van der Waals surface area contributed by atoms with Gasteiger partial charge in [0.15, 0.2) is 0 Å². The number of hydrazine groups is 1. The van der Waals surface area contributed by atoms with E-state index in [0.717, 1.165) is 11.4 Å². The van der Waals surface area contributed by atoms with Crippen molar-refractivity contribution < 1.29 is 9.53 Å². The fourth-order valence-electron chi connectivity index (χ4n) is 1.11. The number of ether oxygens (including phenoxy) is 1. The first-order valence-corrected chi connectivity index (χ1v) is 4.96. The third kappa shape index (κ3) is 4.29. The molecule has 0 unspecified atom stereocenters. The maximum Gasteiger partial charge on any atom is 0.239 e. The molecule has 0 aliphatic rings. The first-order chi connectivity index (χ1) is 7.61. The number of benzene rings is 1. The van der Waals surface area contributed by atoms with Gasteiger partial charge in [-0.05, 0) is 24.3 Å². The quantitative estimate of drug-likeness (QED) is 0.721. The molecule has 0 aromatic heterocycles. The molecule has 0 fully saturated rings. The highest BCUT2D eigenvalue weighted by atomic mass is 16.5. The average Bonchev–Trinajstić information content (AvgIpc) is 2.27. The molecule has 0 heterocycles. The summed E-state index contributed by atoms with van der Waals surface area (Å²) in [7, 11) is 5.27. The van der Waals surface area contributed by atoms with Crippen LogP contribution in [0.15, 0.2) is 24.3 Å². The van der Waals surface area contributed by atoms with Crippen molar-refractivity contribution >= 4 is 11.6 Å². The zero-order valence-electron chi connectivity index (χ0n) is 9.78. The lowest BCUT2D eigenvalue weighted by atomic mass is 10.3. The minimum Gasteiger partial charge on any atom is -0.497 e. The lowest BCUT2D eigenvalue weighted by Crippen LogP contribution is -2.37. The van der Waals surface area contributed by atoms with Crippen LogP contribution in [0.3, 0.4) is 0 Å². The second kappa shape index (κ2) is 6.09. The summed E-state index contributed by atoms with van der Waals surface area (Å²) in [5.74, 6) is 0.684. The monoisotopic (exact) mass is 223 g/mol. The van der Waals surface area contributed by atoms with Crippen molar-refractivity contribution in [3.05, 3.63) is 24.3 Å². The van der Waals surface area contributed by atoms with Gasteiger partial charge in [0.25, 0.3) is 0 Å². The SMILES string of the molecule is COc1ccc(NC(=O)CNN(C)C)cc1. The summed E-state index contributed by atoms with van der Waals surface area (Å²) in [5, 5.41) is 4.49. The van der Waals surface area contributed by atoms with Crippen LogP contribution in [0.4, 0.5) is 5.69 Å². The molecular formula is C11H17N3O2. The molecule has 0 saturated carbocycles. The molecule has 0 radical (unpaired) electrons. The molecule has 1 rings (SSSR count). The van der Waals surface area contributed by atoms with E-state index in [-0.39, 0.29) is 12.5 Å². The molecule has 0 bridgehead atoms. The van der Waals surface area contributed by atoms with Gasteiger partial charge in [0.05, 0.1) is 13.7 Å². The normalized spacial score (nSPS) is 10.2. The van der Waals surface area contributed by atoms with Crippen molar-refractivity contribution in [2.24, 2.45) is 0 Å². The number of carbonyl (C=O) groups is 1. The first kappa shape index (κ1) is 12.5. The highest BCUT2D eigenvalue weighted by molar-refractivity contribution is 5.92. The number of carbonyl (C=O) groups excluding carboxylic acids is 1. The number of hydrogen-bond acceptors (Lipinski definition) is 4. The van der Waals surface area contributed by atoms with Crippen molar-refractivity contribution in [1.82, 2.24) is 10.4 Å². The highest BCUT2D eigenvalue weighted by Gasteiger charge is 2.02. The summed E-state index contributed by atoms with van der Waals surface area (Å²) >= 11 is 0. The molecule has 5 heteroatoms. The third-order valence-corrected chi connectivity index (χ3v) is 1.93. The molecule has 16 heavy (non-hydrogen) atoms. The second-order valence-electron chi connectivity index (χ2n) is 3.51. The zero-order chi connectivity index (χ0) is 12.0. The highest BCUT2D eigenvalue weighted by Crippen LogP contribution is 2.14. The fourth-order valence-corrected chi connectivity index (χ4v) is 1.11. The van der Waals surface area contributed by atoms with Crippen molar-refractivity contribution in [1.29, 1.82) is 0 Å². The second-order valence-corrected chi connectivity index (χ2v) is 3.51. The van der Waals surface area contributed by atoms with Crippen LogP contribution in [0, 0.1) is 0 Å². The summed E-state index contributed by atoms with van der Waals surface area (Å²) in [6.07, 6.45) is 0. The maximum atomic E-state index is 11.4. The van der Waals surface area contributed by atoms with Gasteiger partial charge in [-0.25, -0.2) is 5.43 Å². The van der Waals surface area contributed by atoms with E-state index in [1.165, 1.54) is 0 Å². The summed E-state index contributed by atoms with van der Waals surface area (Å²) in [5.41, 5.74) is 3.64. The number of nitrogens with one attached hydrogen (secondary N) is 2. The number of rotatable bonds is 5. The molecule has 0 saturated heterocycles. The predicted octanol–water partition coefficient (Wildman–Crippen LogP) is 0.700. The molecule has 5 nitrogen and oxygen atoms in total. The van der Waals surface area contributed by atoms with Gasteiger partial charge in [0, 0.05) is 19.8 Å². The largest absolute Gasteiger partial charge is 0.497 e. The van der Waals surface area contributed by atoms with Gasteiger partial charge < -0.3 is 10.1 Å². The molecule has 0 spiro atoms. The number of amides is 1. The minimum atomic E-state index is -0.0844. The molecule has 1 aromatic carbocycles. The number of anilines is 1. The minimum absolute atomic E-state index is 0.0844. The van der Waals surface area contributed by atoms with Gasteiger partial charge in [-0.3, -0.25) is 9.80 Å². The van der Waals surface area contributed by atoms with Crippen LogP contribution >= 0.6 is 0 Å². The van der Waals surface area contributed by atoms with Crippen LogP contribution in [0.25, 0.3) is 0 Å². The van der Waals surface area contributed by atoms with Crippen LogP contribution in [0.5, 0.6) is 5.75 Å². The standard InChI is InChI=1S/C11H17N3O2/c1-14(2)12-8-11(15)13-9-4-6-10(16-3)7-5-9/h4-7,12H,8H2,1-3H3,(H,13,15). The first-order valence-electron chi connectivity index (χ1n) is 4.96. The van der Waals surface area contributed by atoms with E-state index in [9.17, 15) is 4.79 Å². The van der Waals surface area contributed by atoms with Gasteiger partial charge in [-0.2, -0.15) is 0 Å². The number of hydrogen-bond donors (Lipinski definition) is 2. The summed E-state index contributed by atoms with van der Waals surface area (Å²) in [4.78, 5) is 11.4. The van der Waals surface area contributed by atoms with E-state index in [0.29, 0.717) is 0 Å². The van der Waals surface area contributed by atoms with Crippen LogP contribution < -0.4 is 15.5 Å². The molecular weight excluding hydrogens is 206 g/mol. The van der Waals surface area contributed by atoms with Gasteiger partial charge in [-0.1, -0.05) is 0 Å². The van der Waals surface area contributed by atoms with Crippen molar-refractivity contribution in [2.75, 3.05) is 33.1 Å². The Hall–Kier alpha value is -1.59. The summed E-state index contributed by atoms with van der Waals surface area (Å²) in [6.45, 7) is 0.249. The van der Waals surface area contributed by atoms with Crippen LogP contribution in [-0.4, -0.2) is 38.7 Å². The Morgan fingerprint density at radius 2 is 1.94 bits per heavy atom. The van der Waals surface area contributed by atoms with Crippen molar-refractivity contribution in [3.8, 4) is 5.75 Å². The van der Waals surface area contributed by atoms with Gasteiger partial charge in [0.1, 0.15) is 5.75 Å². The van der Waals surface area contributed by atoms with E-state index >= 15 is 0 Å². The Morgan fingerprint density at radius 3 is 2.44 bits per heavy atom. The van der Waals surface area contributed by atoms with Gasteiger partial charge >= 0.3 is 0 Å². The van der Waals surface area contributed by atoms with Crippen molar-refractivity contribution in [3.63, 3.8) is 0 Å². The zero-order valence-corrected chi connectivity index (χ0v) is 9.78. The Kier molecular flexibility index (Phi) is 4.75. The molecule has 2 N–H and O–H groups in total. The summed E-state index contributed by atoms with van der Waals surface area (Å²) < 4.78 is 5.02. The topological polar surface area (TPSA) is 53.6 Å². The third-order valence-electron chi connectivity index (χ3n) is 1.93. The Bertz CT molecular complexity index is 336. The van der Waals surface area contributed by atoms with Gasteiger partial charge in [0.2, 0.25) is 5.91 Å². The lowest BCUT2D eigenvalue weighted by molar-refractivity contribution is -0.116. The Labute approximate surface area is 95.4 Å². The predicted molar refractivity (Wildman–Crippen MR) is 63.3 cm³/mol. The number of nitrogens with zero attached hydrogens (tertiary/aromatic N) is 1. The van der Waals surface area contributed by atoms with E-state index < -0.39 is 0 Å². The Morgan fingerprint density at radius 1 is 1.31 bits per heavy atom. The molecule has 88 valence electrons. The van der Waals surface area contributed by atoms with Gasteiger partial charge in [-0.15, -0.1) is 0 Å². The van der Waals surface area contributed by atoms with E-state index in [1.807, 2.05) is 14.1 Å². The van der Waals surface area contributed by atoms with Crippen LogP contribution in [0.2, 0.25) is 0 Å². The van der Waals surface area contributed by atoms with Crippen molar-refractivity contribution in [2.45, 2.75) is 0 Å². The molecule has 0 aliphatic heterocycles. The van der Waals surface area contributed by atoms with E-state index in [1.54, 1.807) is 36.4 Å². The molecule has 0 atom stereocenters. The molecule has 1 amide bonds. The average molecular weight is 223 g/mol. The fraction of sp³-hybridized carbons (Fsp3) is 0.364. The smallest absolute Gasteiger partial charge is 0.239 e. The lowest BCUT2D eigenvalue weighted by Gasteiger charge is -2.11. The van der Waals surface area contributed by atoms with E-state index in [4.69, 9.17) is 4.74 Å². The maximum absolute atomic E-state index is 11.4. The molecule has 0 aliphatic carbocycles. The Balaban J connectivity index is 2.43. The number of methoxy groups -OCH3 is 1. The van der Waals surface area contributed by atoms with E-state index in [2.05, 4.69) is 10.7 Å². The summed E-state index contributed by atoms with van der Waals surface area (Å²) in [6, 6.07) is 7.20. The van der Waals surface area contributed by atoms with Crippen LogP contribution in [-0.2, 0) is 4.79 Å². The van der Waals surface area contributed by atoms with Crippen LogP contribution in [0.1, 0.15) is 0 Å².